The van der Waals surface area contributed by atoms with Crippen LogP contribution in [0.2, 0.25) is 5.02 Å². The van der Waals surface area contributed by atoms with Crippen molar-refractivity contribution in [1.82, 2.24) is 10.2 Å². The highest BCUT2D eigenvalue weighted by molar-refractivity contribution is 6.31. The number of carbonyl (C=O) groups excluding carboxylic acids is 2. The standard InChI is InChI=1S/C17H16ClFN2O2/c1-21(11-12-6-2-4-8-14(12)18)16(22)10-20-17(23)13-7-3-5-9-15(13)19/h2-9H,10-11H2,1H3,(H,20,23). The Labute approximate surface area is 138 Å². The van der Waals surface area contributed by atoms with Crippen LogP contribution in [0.25, 0.3) is 0 Å². The molecule has 0 spiro atoms. The minimum absolute atomic E-state index is 0.0888. The average Bonchev–Trinajstić information content (AvgIpc) is 2.54. The second-order valence-electron chi connectivity index (χ2n) is 5.00. The molecule has 0 bridgehead atoms. The van der Waals surface area contributed by atoms with Crippen LogP contribution in [-0.4, -0.2) is 30.3 Å². The van der Waals surface area contributed by atoms with E-state index in [0.29, 0.717) is 11.6 Å². The molecular formula is C17H16ClFN2O2. The molecule has 120 valence electrons. The molecule has 6 heteroatoms. The van der Waals surface area contributed by atoms with E-state index in [2.05, 4.69) is 5.32 Å². The quantitative estimate of drug-likeness (QED) is 0.914. The molecule has 4 nitrogen and oxygen atoms in total. The summed E-state index contributed by atoms with van der Waals surface area (Å²) in [5.74, 6) is -1.54. The first kappa shape index (κ1) is 17.0. The third-order valence-electron chi connectivity index (χ3n) is 3.31. The van der Waals surface area contributed by atoms with Gasteiger partial charge in [0.05, 0.1) is 12.1 Å². The van der Waals surface area contributed by atoms with E-state index < -0.39 is 11.7 Å². The lowest BCUT2D eigenvalue weighted by Crippen LogP contribution is -2.38. The number of halogens is 2. The number of likely N-dealkylation sites (N-methyl/N-ethyl adjacent to an activating group) is 1. The van der Waals surface area contributed by atoms with Gasteiger partial charge in [0.1, 0.15) is 5.82 Å². The fraction of sp³-hybridized carbons (Fsp3) is 0.176. The largest absolute Gasteiger partial charge is 0.343 e. The van der Waals surface area contributed by atoms with Gasteiger partial charge in [-0.1, -0.05) is 41.9 Å². The van der Waals surface area contributed by atoms with E-state index in [1.54, 1.807) is 19.2 Å². The summed E-state index contributed by atoms with van der Waals surface area (Å²) in [7, 11) is 1.61. The van der Waals surface area contributed by atoms with Gasteiger partial charge >= 0.3 is 0 Å². The smallest absolute Gasteiger partial charge is 0.254 e. The van der Waals surface area contributed by atoms with Gasteiger partial charge in [0, 0.05) is 18.6 Å². The van der Waals surface area contributed by atoms with Gasteiger partial charge in [-0.3, -0.25) is 9.59 Å². The van der Waals surface area contributed by atoms with E-state index in [4.69, 9.17) is 11.6 Å². The van der Waals surface area contributed by atoms with Gasteiger partial charge in [0.25, 0.3) is 5.91 Å². The van der Waals surface area contributed by atoms with Gasteiger partial charge in [-0.15, -0.1) is 0 Å². The number of hydrogen-bond donors (Lipinski definition) is 1. The van der Waals surface area contributed by atoms with Gasteiger partial charge in [0.2, 0.25) is 5.91 Å². The Morgan fingerprint density at radius 3 is 2.48 bits per heavy atom. The van der Waals surface area contributed by atoms with Gasteiger partial charge < -0.3 is 10.2 Å². The molecule has 0 fully saturated rings. The van der Waals surface area contributed by atoms with Crippen molar-refractivity contribution in [3.8, 4) is 0 Å². The zero-order valence-corrected chi connectivity index (χ0v) is 13.3. The summed E-state index contributed by atoms with van der Waals surface area (Å²) in [6.45, 7) is 0.113. The number of benzene rings is 2. The zero-order chi connectivity index (χ0) is 16.8. The van der Waals surface area contributed by atoms with Crippen LogP contribution >= 0.6 is 11.6 Å². The molecule has 1 N–H and O–H groups in total. The van der Waals surface area contributed by atoms with Crippen molar-refractivity contribution >= 4 is 23.4 Å². The summed E-state index contributed by atoms with van der Waals surface area (Å²) < 4.78 is 13.5. The highest BCUT2D eigenvalue weighted by Crippen LogP contribution is 2.16. The zero-order valence-electron chi connectivity index (χ0n) is 12.6. The Hall–Kier alpha value is -2.40. The summed E-state index contributed by atoms with van der Waals surface area (Å²) in [5.41, 5.74) is 0.722. The maximum atomic E-state index is 13.5. The molecule has 0 aliphatic carbocycles. The minimum Gasteiger partial charge on any atom is -0.343 e. The predicted octanol–water partition coefficient (Wildman–Crippen LogP) is 2.87. The van der Waals surface area contributed by atoms with Gasteiger partial charge in [0.15, 0.2) is 0 Å². The van der Waals surface area contributed by atoms with Crippen molar-refractivity contribution in [2.75, 3.05) is 13.6 Å². The molecule has 0 aromatic heterocycles. The molecule has 0 aliphatic rings. The van der Waals surface area contributed by atoms with Crippen LogP contribution in [0.15, 0.2) is 48.5 Å². The third kappa shape index (κ3) is 4.53. The molecule has 2 aromatic rings. The summed E-state index contributed by atoms with van der Waals surface area (Å²) in [6.07, 6.45) is 0. The molecule has 0 unspecified atom stereocenters. The van der Waals surface area contributed by atoms with Crippen molar-refractivity contribution in [2.24, 2.45) is 0 Å². The molecular weight excluding hydrogens is 319 g/mol. The van der Waals surface area contributed by atoms with Crippen LogP contribution in [-0.2, 0) is 11.3 Å². The third-order valence-corrected chi connectivity index (χ3v) is 3.68. The highest BCUT2D eigenvalue weighted by Gasteiger charge is 2.15. The van der Waals surface area contributed by atoms with E-state index in [9.17, 15) is 14.0 Å². The number of nitrogens with zero attached hydrogens (tertiary/aromatic N) is 1. The molecule has 0 saturated carbocycles. The van der Waals surface area contributed by atoms with Crippen LogP contribution < -0.4 is 5.32 Å². The summed E-state index contributed by atoms with van der Waals surface area (Å²) >= 11 is 6.05. The van der Waals surface area contributed by atoms with Crippen LogP contribution in [0.3, 0.4) is 0 Å². The lowest BCUT2D eigenvalue weighted by Gasteiger charge is -2.18. The SMILES string of the molecule is CN(Cc1ccccc1Cl)C(=O)CNC(=O)c1ccccc1F. The number of nitrogens with one attached hydrogen (secondary N) is 1. The Morgan fingerprint density at radius 2 is 1.78 bits per heavy atom. The molecule has 0 radical (unpaired) electrons. The first-order chi connectivity index (χ1) is 11.0. The molecule has 2 amide bonds. The molecule has 0 aliphatic heterocycles. The maximum absolute atomic E-state index is 13.5. The number of hydrogen-bond acceptors (Lipinski definition) is 2. The number of carbonyl (C=O) groups is 2. The summed E-state index contributed by atoms with van der Waals surface area (Å²) in [4.78, 5) is 25.4. The molecule has 0 saturated heterocycles. The first-order valence-corrected chi connectivity index (χ1v) is 7.37. The van der Waals surface area contributed by atoms with Crippen molar-refractivity contribution in [1.29, 1.82) is 0 Å². The van der Waals surface area contributed by atoms with E-state index in [1.807, 2.05) is 18.2 Å². The van der Waals surface area contributed by atoms with E-state index in [-0.39, 0.29) is 18.0 Å². The predicted molar refractivity (Wildman–Crippen MR) is 86.7 cm³/mol. The molecule has 0 heterocycles. The lowest BCUT2D eigenvalue weighted by molar-refractivity contribution is -0.129. The topological polar surface area (TPSA) is 49.4 Å². The maximum Gasteiger partial charge on any atom is 0.254 e. The highest BCUT2D eigenvalue weighted by atomic mass is 35.5. The lowest BCUT2D eigenvalue weighted by atomic mass is 10.2. The fourth-order valence-electron chi connectivity index (χ4n) is 2.00. The Balaban J connectivity index is 1.91. The van der Waals surface area contributed by atoms with Crippen LogP contribution in [0, 0.1) is 5.82 Å². The Bertz CT molecular complexity index is 721. The average molecular weight is 335 g/mol. The van der Waals surface area contributed by atoms with Crippen molar-refractivity contribution in [3.63, 3.8) is 0 Å². The normalized spacial score (nSPS) is 10.2. The summed E-state index contributed by atoms with van der Waals surface area (Å²) in [5, 5.41) is 2.99. The van der Waals surface area contributed by atoms with Crippen LogP contribution in [0.4, 0.5) is 4.39 Å². The summed E-state index contributed by atoms with van der Waals surface area (Å²) in [6, 6.07) is 12.8. The van der Waals surface area contributed by atoms with Gasteiger partial charge in [-0.25, -0.2) is 4.39 Å². The molecule has 23 heavy (non-hydrogen) atoms. The van der Waals surface area contributed by atoms with Crippen LogP contribution in [0.5, 0.6) is 0 Å². The second-order valence-corrected chi connectivity index (χ2v) is 5.41. The van der Waals surface area contributed by atoms with Gasteiger partial charge in [-0.2, -0.15) is 0 Å². The van der Waals surface area contributed by atoms with E-state index in [0.717, 1.165) is 5.56 Å². The molecule has 2 aromatic carbocycles. The minimum atomic E-state index is -0.623. The fourth-order valence-corrected chi connectivity index (χ4v) is 2.20. The Morgan fingerprint density at radius 1 is 1.13 bits per heavy atom. The van der Waals surface area contributed by atoms with Crippen molar-refractivity contribution in [2.45, 2.75) is 6.54 Å². The van der Waals surface area contributed by atoms with Gasteiger partial charge in [-0.05, 0) is 23.8 Å². The molecule has 0 atom stereocenters. The van der Waals surface area contributed by atoms with Crippen LogP contribution in [0.1, 0.15) is 15.9 Å². The monoisotopic (exact) mass is 334 g/mol. The second kappa shape index (κ2) is 7.74. The van der Waals surface area contributed by atoms with Crippen molar-refractivity contribution < 1.29 is 14.0 Å². The first-order valence-electron chi connectivity index (χ1n) is 6.99. The van der Waals surface area contributed by atoms with Crippen molar-refractivity contribution in [3.05, 3.63) is 70.5 Å². The van der Waals surface area contributed by atoms with E-state index in [1.165, 1.54) is 23.1 Å². The number of rotatable bonds is 5. The Kier molecular flexibility index (Phi) is 5.71. The van der Waals surface area contributed by atoms with E-state index >= 15 is 0 Å². The number of amides is 2. The molecule has 2 rings (SSSR count).